The molecule has 2 aliphatic heterocycles. The number of hydrogen-bond donors (Lipinski definition) is 0. The lowest BCUT2D eigenvalue weighted by Crippen LogP contribution is -2.42. The number of piperidine rings is 1. The molecule has 0 unspecified atom stereocenters. The maximum absolute atomic E-state index is 12.1. The van der Waals surface area contributed by atoms with Gasteiger partial charge in [0, 0.05) is 61.2 Å². The molecule has 0 aromatic carbocycles. The topological polar surface area (TPSA) is 71.5 Å². The lowest BCUT2D eigenvalue weighted by molar-refractivity contribution is 0.110. The summed E-state index contributed by atoms with van der Waals surface area (Å²) in [7, 11) is 1.44. The second kappa shape index (κ2) is 8.11. The Hall–Kier alpha value is -2.67. The van der Waals surface area contributed by atoms with Crippen molar-refractivity contribution in [2.75, 3.05) is 25.1 Å². The highest BCUT2D eigenvalue weighted by atomic mass is 35.5. The van der Waals surface area contributed by atoms with Gasteiger partial charge in [-0.2, -0.15) is 0 Å². The number of amides is 1. The predicted octanol–water partition coefficient (Wildman–Crippen LogP) is 3.99. The number of likely N-dealkylation sites (tertiary alicyclic amines) is 1. The van der Waals surface area contributed by atoms with Crippen molar-refractivity contribution >= 4 is 29.5 Å². The lowest BCUT2D eigenvalue weighted by atomic mass is 9.88. The molecule has 1 aliphatic carbocycles. The Morgan fingerprint density at radius 1 is 1.29 bits per heavy atom. The Balaban J connectivity index is 1.50. The first-order valence-electron chi connectivity index (χ1n) is 10.8. The van der Waals surface area contributed by atoms with Crippen LogP contribution < -0.4 is 4.90 Å². The van der Waals surface area contributed by atoms with Crippen LogP contribution in [0.3, 0.4) is 0 Å². The van der Waals surface area contributed by atoms with Gasteiger partial charge in [0.25, 0.3) is 0 Å². The Morgan fingerprint density at radius 3 is 3.00 bits per heavy atom. The zero-order valence-electron chi connectivity index (χ0n) is 17.8. The van der Waals surface area contributed by atoms with Crippen molar-refractivity contribution in [3.8, 4) is 0 Å². The summed E-state index contributed by atoms with van der Waals surface area (Å²) in [4.78, 5) is 30.1. The van der Waals surface area contributed by atoms with Gasteiger partial charge < -0.3 is 14.5 Å². The van der Waals surface area contributed by atoms with Crippen molar-refractivity contribution in [1.82, 2.24) is 19.9 Å². The molecule has 2 aromatic heterocycles. The smallest absolute Gasteiger partial charge is 0.409 e. The van der Waals surface area contributed by atoms with Crippen molar-refractivity contribution in [3.63, 3.8) is 0 Å². The number of hydrogen-bond acceptors (Lipinski definition) is 6. The van der Waals surface area contributed by atoms with Gasteiger partial charge >= 0.3 is 6.09 Å². The molecule has 31 heavy (non-hydrogen) atoms. The fourth-order valence-electron chi connectivity index (χ4n) is 5.12. The minimum atomic E-state index is -0.267. The number of methoxy groups -OCH3 is 1. The van der Waals surface area contributed by atoms with Crippen molar-refractivity contribution in [1.29, 1.82) is 0 Å². The molecule has 1 amide bonds. The molecule has 7 nitrogen and oxygen atoms in total. The quantitative estimate of drug-likeness (QED) is 0.659. The van der Waals surface area contributed by atoms with Crippen LogP contribution in [0.15, 0.2) is 18.5 Å². The van der Waals surface area contributed by atoms with Crippen molar-refractivity contribution in [3.05, 3.63) is 51.8 Å². The number of halogens is 1. The third kappa shape index (κ3) is 3.65. The van der Waals surface area contributed by atoms with Crippen LogP contribution in [0.5, 0.6) is 0 Å². The van der Waals surface area contributed by atoms with Crippen molar-refractivity contribution in [2.24, 2.45) is 0 Å². The molecule has 0 spiro atoms. The molecule has 0 N–H and O–H groups in total. The molecule has 0 saturated carbocycles. The Kier molecular flexibility index (Phi) is 5.30. The number of nitrogens with zero attached hydrogens (tertiary/aromatic N) is 5. The van der Waals surface area contributed by atoms with Gasteiger partial charge in [0.15, 0.2) is 0 Å². The highest BCUT2D eigenvalue weighted by Crippen LogP contribution is 2.38. The number of rotatable bonds is 2. The van der Waals surface area contributed by atoms with E-state index in [1.54, 1.807) is 11.2 Å². The molecule has 8 heteroatoms. The van der Waals surface area contributed by atoms with E-state index in [9.17, 15) is 4.79 Å². The van der Waals surface area contributed by atoms with Gasteiger partial charge in [-0.1, -0.05) is 23.8 Å². The number of carbonyl (C=O) groups is 1. The number of ether oxygens (including phenoxy) is 1. The fraction of sp³-hybridized carbons (Fsp3) is 0.478. The number of carbonyl (C=O) groups excluding carboxylic acids is 1. The number of anilines is 1. The Bertz CT molecular complexity index is 1060. The minimum Gasteiger partial charge on any atom is -0.453 e. The van der Waals surface area contributed by atoms with Gasteiger partial charge in [0.05, 0.1) is 24.2 Å². The molecule has 5 rings (SSSR count). The van der Waals surface area contributed by atoms with E-state index in [0.29, 0.717) is 11.7 Å². The lowest BCUT2D eigenvalue weighted by Gasteiger charge is -2.39. The molecular formula is C23H26ClN5O2. The van der Waals surface area contributed by atoms with Gasteiger partial charge in [-0.3, -0.25) is 0 Å². The second-order valence-electron chi connectivity index (χ2n) is 8.55. The SMILES string of the molecule is COC(=O)N1CCC[C@H](c2ncnc3c2CN(c2cc(Cl)nc4c2C=CC4)[C@H](C)C3)C1. The molecule has 4 heterocycles. The third-order valence-electron chi connectivity index (χ3n) is 6.65. The molecule has 162 valence electrons. The number of allylic oxidation sites excluding steroid dienone is 1. The summed E-state index contributed by atoms with van der Waals surface area (Å²) < 4.78 is 4.95. The highest BCUT2D eigenvalue weighted by molar-refractivity contribution is 6.29. The summed E-state index contributed by atoms with van der Waals surface area (Å²) >= 11 is 6.37. The van der Waals surface area contributed by atoms with Gasteiger partial charge in [0.2, 0.25) is 0 Å². The van der Waals surface area contributed by atoms with E-state index in [-0.39, 0.29) is 18.1 Å². The van der Waals surface area contributed by atoms with Crippen LogP contribution in [0, 0.1) is 0 Å². The fourth-order valence-corrected chi connectivity index (χ4v) is 5.33. The monoisotopic (exact) mass is 439 g/mol. The molecule has 2 aromatic rings. The highest BCUT2D eigenvalue weighted by Gasteiger charge is 2.33. The van der Waals surface area contributed by atoms with Crippen LogP contribution in [-0.4, -0.2) is 52.2 Å². The van der Waals surface area contributed by atoms with Crippen LogP contribution >= 0.6 is 11.6 Å². The standard InChI is InChI=1S/C23H26ClN5O2/c1-14-9-19-17(12-29(14)20-10-21(24)27-18-7-3-6-16(18)20)22(26-13-25-19)15-5-4-8-28(11-15)23(30)31-2/h3,6,10,13-15H,4-5,7-9,11-12H2,1-2H3/t14-,15+/m1/s1. The van der Waals surface area contributed by atoms with Crippen LogP contribution in [0.4, 0.5) is 10.5 Å². The summed E-state index contributed by atoms with van der Waals surface area (Å²) in [5.41, 5.74) is 6.66. The van der Waals surface area contributed by atoms with Crippen molar-refractivity contribution in [2.45, 2.75) is 51.1 Å². The number of pyridine rings is 1. The van der Waals surface area contributed by atoms with Gasteiger partial charge in [0.1, 0.15) is 11.5 Å². The number of aromatic nitrogens is 3. The first-order chi connectivity index (χ1) is 15.0. The third-order valence-corrected chi connectivity index (χ3v) is 6.84. The first-order valence-corrected chi connectivity index (χ1v) is 11.2. The molecule has 1 saturated heterocycles. The molecule has 0 radical (unpaired) electrons. The first kappa shape index (κ1) is 20.2. The van der Waals surface area contributed by atoms with E-state index in [0.717, 1.165) is 67.1 Å². The molecule has 0 bridgehead atoms. The zero-order chi connectivity index (χ0) is 21.5. The van der Waals surface area contributed by atoms with Crippen LogP contribution in [0.2, 0.25) is 5.15 Å². The normalized spacial score (nSPS) is 22.3. The van der Waals surface area contributed by atoms with E-state index < -0.39 is 0 Å². The van der Waals surface area contributed by atoms with Gasteiger partial charge in [-0.25, -0.2) is 19.7 Å². The summed E-state index contributed by atoms with van der Waals surface area (Å²) in [6.07, 6.45) is 9.31. The maximum Gasteiger partial charge on any atom is 0.409 e. The Morgan fingerprint density at radius 2 is 2.16 bits per heavy atom. The largest absolute Gasteiger partial charge is 0.453 e. The maximum atomic E-state index is 12.1. The average molecular weight is 440 g/mol. The summed E-state index contributed by atoms with van der Waals surface area (Å²) in [5.74, 6) is 0.187. The van der Waals surface area contributed by atoms with Crippen LogP contribution in [0.1, 0.15) is 53.9 Å². The van der Waals surface area contributed by atoms with E-state index in [1.165, 1.54) is 12.7 Å². The van der Waals surface area contributed by atoms with E-state index >= 15 is 0 Å². The molecule has 2 atom stereocenters. The van der Waals surface area contributed by atoms with E-state index in [4.69, 9.17) is 21.3 Å². The minimum absolute atomic E-state index is 0.187. The number of fused-ring (bicyclic) bond motifs is 2. The molecular weight excluding hydrogens is 414 g/mol. The predicted molar refractivity (Wildman–Crippen MR) is 119 cm³/mol. The van der Waals surface area contributed by atoms with Gasteiger partial charge in [-0.05, 0) is 25.8 Å². The van der Waals surface area contributed by atoms with Crippen LogP contribution in [-0.2, 0) is 24.1 Å². The van der Waals surface area contributed by atoms with Crippen LogP contribution in [0.25, 0.3) is 6.08 Å². The summed E-state index contributed by atoms with van der Waals surface area (Å²) in [6, 6.07) is 2.25. The van der Waals surface area contributed by atoms with E-state index in [2.05, 4.69) is 33.9 Å². The molecule has 1 fully saturated rings. The molecule has 3 aliphatic rings. The van der Waals surface area contributed by atoms with Gasteiger partial charge in [-0.15, -0.1) is 0 Å². The second-order valence-corrected chi connectivity index (χ2v) is 8.94. The average Bonchev–Trinajstić information content (AvgIpc) is 3.25. The Labute approximate surface area is 187 Å². The summed E-state index contributed by atoms with van der Waals surface area (Å²) in [5, 5.41) is 0.529. The van der Waals surface area contributed by atoms with Crippen molar-refractivity contribution < 1.29 is 9.53 Å². The zero-order valence-corrected chi connectivity index (χ0v) is 18.6. The van der Waals surface area contributed by atoms with E-state index in [1.807, 2.05) is 6.07 Å². The summed E-state index contributed by atoms with van der Waals surface area (Å²) in [6.45, 7) is 4.31.